The third kappa shape index (κ3) is 5.06. The van der Waals surface area contributed by atoms with E-state index in [0.29, 0.717) is 43.4 Å². The molecule has 1 aromatic heterocycles. The molecule has 0 aliphatic carbocycles. The Hall–Kier alpha value is -2.49. The van der Waals surface area contributed by atoms with E-state index in [2.05, 4.69) is 10.4 Å². The molecule has 0 unspecified atom stereocenters. The van der Waals surface area contributed by atoms with Crippen LogP contribution in [0.4, 0.5) is 11.4 Å². The number of benzene rings is 1. The summed E-state index contributed by atoms with van der Waals surface area (Å²) in [5.74, 6) is -0.164. The van der Waals surface area contributed by atoms with E-state index in [4.69, 9.17) is 26.8 Å². The lowest BCUT2D eigenvalue weighted by Gasteiger charge is -2.26. The van der Waals surface area contributed by atoms with Crippen molar-refractivity contribution >= 4 is 47.2 Å². The lowest BCUT2D eigenvalue weighted by Crippen LogP contribution is -2.42. The van der Waals surface area contributed by atoms with Gasteiger partial charge in [-0.3, -0.25) is 14.3 Å². The third-order valence-electron chi connectivity index (χ3n) is 4.12. The highest BCUT2D eigenvalue weighted by atomic mass is 35.5. The number of hydrogen-bond donors (Lipinski definition) is 2. The fourth-order valence-electron chi connectivity index (χ4n) is 2.68. The Balaban J connectivity index is 0.00000280. The summed E-state index contributed by atoms with van der Waals surface area (Å²) < 4.78 is 11.9. The van der Waals surface area contributed by atoms with Crippen LogP contribution in [0.5, 0.6) is 5.75 Å². The maximum Gasteiger partial charge on any atom is 0.259 e. The summed E-state index contributed by atoms with van der Waals surface area (Å²) in [4.78, 5) is 26.5. The monoisotopic (exact) mass is 429 g/mol. The minimum absolute atomic E-state index is 0. The van der Waals surface area contributed by atoms with Gasteiger partial charge in [-0.25, -0.2) is 0 Å². The number of methoxy groups -OCH3 is 1. The molecule has 3 N–H and O–H groups in total. The van der Waals surface area contributed by atoms with Crippen molar-refractivity contribution < 1.29 is 19.1 Å². The summed E-state index contributed by atoms with van der Waals surface area (Å²) in [6, 6.07) is 2.93. The summed E-state index contributed by atoms with van der Waals surface area (Å²) >= 11 is 6.00. The molecule has 2 aromatic rings. The number of nitrogen functional groups attached to an aromatic ring is 1. The van der Waals surface area contributed by atoms with E-state index in [-0.39, 0.29) is 35.4 Å². The number of nitrogens with one attached hydrogen (secondary N) is 1. The predicted molar refractivity (Wildman–Crippen MR) is 107 cm³/mol. The van der Waals surface area contributed by atoms with Gasteiger partial charge in [-0.2, -0.15) is 5.10 Å². The average Bonchev–Trinajstić information content (AvgIpc) is 3.10. The molecule has 1 aliphatic heterocycles. The van der Waals surface area contributed by atoms with Crippen LogP contribution in [-0.4, -0.2) is 59.9 Å². The van der Waals surface area contributed by atoms with Gasteiger partial charge >= 0.3 is 0 Å². The van der Waals surface area contributed by atoms with E-state index < -0.39 is 5.91 Å². The molecule has 0 spiro atoms. The fourth-order valence-corrected chi connectivity index (χ4v) is 2.84. The van der Waals surface area contributed by atoms with E-state index in [1.54, 1.807) is 11.1 Å². The van der Waals surface area contributed by atoms with Gasteiger partial charge in [0.05, 0.1) is 48.5 Å². The van der Waals surface area contributed by atoms with Crippen LogP contribution in [0.15, 0.2) is 24.5 Å². The van der Waals surface area contributed by atoms with Crippen LogP contribution in [0, 0.1) is 0 Å². The molecular formula is C17H21Cl2N5O4. The number of hydrogen-bond acceptors (Lipinski definition) is 6. The zero-order chi connectivity index (χ0) is 19.4. The average molecular weight is 430 g/mol. The Morgan fingerprint density at radius 3 is 2.75 bits per heavy atom. The van der Waals surface area contributed by atoms with Gasteiger partial charge in [0.25, 0.3) is 5.91 Å². The number of rotatable bonds is 5. The van der Waals surface area contributed by atoms with Gasteiger partial charge in [-0.05, 0) is 6.07 Å². The molecule has 1 aliphatic rings. The fraction of sp³-hybridized carbons (Fsp3) is 0.353. The zero-order valence-electron chi connectivity index (χ0n) is 15.2. The van der Waals surface area contributed by atoms with Gasteiger partial charge in [-0.1, -0.05) is 11.6 Å². The Labute approximate surface area is 173 Å². The van der Waals surface area contributed by atoms with Crippen LogP contribution in [0.25, 0.3) is 0 Å². The van der Waals surface area contributed by atoms with Gasteiger partial charge in [0, 0.05) is 25.4 Å². The van der Waals surface area contributed by atoms with E-state index in [0.717, 1.165) is 0 Å². The number of carbonyl (C=O) groups is 2. The number of morpholine rings is 1. The molecule has 9 nitrogen and oxygen atoms in total. The first-order valence-corrected chi connectivity index (χ1v) is 8.68. The zero-order valence-corrected chi connectivity index (χ0v) is 16.8. The largest absolute Gasteiger partial charge is 0.496 e. The summed E-state index contributed by atoms with van der Waals surface area (Å²) in [5, 5.41) is 7.08. The first-order chi connectivity index (χ1) is 13.0. The number of amides is 2. The third-order valence-corrected chi connectivity index (χ3v) is 4.44. The minimum Gasteiger partial charge on any atom is -0.496 e. The maximum atomic E-state index is 12.5. The normalized spacial score (nSPS) is 13.6. The molecule has 152 valence electrons. The molecule has 0 radical (unpaired) electrons. The molecule has 0 atom stereocenters. The Kier molecular flexibility index (Phi) is 7.50. The number of halogens is 2. The van der Waals surface area contributed by atoms with Crippen molar-refractivity contribution in [3.8, 4) is 5.75 Å². The first kappa shape index (κ1) is 21.8. The van der Waals surface area contributed by atoms with Crippen molar-refractivity contribution in [2.24, 2.45) is 0 Å². The van der Waals surface area contributed by atoms with Crippen molar-refractivity contribution in [2.45, 2.75) is 6.54 Å². The van der Waals surface area contributed by atoms with E-state index >= 15 is 0 Å². The number of carbonyl (C=O) groups excluding carboxylic acids is 2. The Morgan fingerprint density at radius 1 is 1.36 bits per heavy atom. The quantitative estimate of drug-likeness (QED) is 0.698. The van der Waals surface area contributed by atoms with Crippen molar-refractivity contribution in [1.29, 1.82) is 0 Å². The number of nitrogens with two attached hydrogens (primary N) is 1. The lowest BCUT2D eigenvalue weighted by atomic mass is 10.1. The van der Waals surface area contributed by atoms with Crippen LogP contribution < -0.4 is 15.8 Å². The molecule has 3 rings (SSSR count). The van der Waals surface area contributed by atoms with Crippen molar-refractivity contribution in [1.82, 2.24) is 14.7 Å². The second-order valence-corrected chi connectivity index (χ2v) is 6.36. The van der Waals surface area contributed by atoms with Gasteiger partial charge in [-0.15, -0.1) is 12.4 Å². The number of nitrogens with zero attached hydrogens (tertiary/aromatic N) is 3. The minimum atomic E-state index is -0.423. The van der Waals surface area contributed by atoms with E-state index in [1.165, 1.54) is 30.1 Å². The topological polar surface area (TPSA) is 112 Å². The molecular weight excluding hydrogens is 409 g/mol. The highest BCUT2D eigenvalue weighted by molar-refractivity contribution is 6.33. The predicted octanol–water partition coefficient (Wildman–Crippen LogP) is 1.66. The highest BCUT2D eigenvalue weighted by Crippen LogP contribution is 2.29. The molecule has 0 saturated carbocycles. The van der Waals surface area contributed by atoms with E-state index in [1.807, 2.05) is 0 Å². The van der Waals surface area contributed by atoms with Crippen LogP contribution in [0.2, 0.25) is 5.02 Å². The van der Waals surface area contributed by atoms with Crippen LogP contribution in [-0.2, 0) is 16.1 Å². The van der Waals surface area contributed by atoms with Gasteiger partial charge in [0.2, 0.25) is 5.91 Å². The van der Waals surface area contributed by atoms with Gasteiger partial charge < -0.3 is 25.4 Å². The molecule has 1 aromatic carbocycles. The number of ether oxygens (including phenoxy) is 2. The summed E-state index contributed by atoms with van der Waals surface area (Å²) in [6.07, 6.45) is 3.05. The standard InChI is InChI=1S/C17H20ClN5O4.ClH/c1-26-15-7-14(19)13(18)6-12(15)17(25)21-11-8-20-23(9-11)10-16(24)22-2-4-27-5-3-22;/h6-9H,2-5,10,19H2,1H3,(H,21,25);1H. The smallest absolute Gasteiger partial charge is 0.259 e. The summed E-state index contributed by atoms with van der Waals surface area (Å²) in [6.45, 7) is 2.31. The first-order valence-electron chi connectivity index (χ1n) is 8.30. The number of anilines is 2. The van der Waals surface area contributed by atoms with Crippen molar-refractivity contribution in [3.05, 3.63) is 35.1 Å². The highest BCUT2D eigenvalue weighted by Gasteiger charge is 2.19. The maximum absolute atomic E-state index is 12.5. The summed E-state index contributed by atoms with van der Waals surface area (Å²) in [7, 11) is 1.44. The van der Waals surface area contributed by atoms with Crippen LogP contribution >= 0.6 is 24.0 Å². The molecule has 1 saturated heterocycles. The lowest BCUT2D eigenvalue weighted by molar-refractivity contribution is -0.136. The number of aromatic nitrogens is 2. The SMILES string of the molecule is COc1cc(N)c(Cl)cc1C(=O)Nc1cnn(CC(=O)N2CCOCC2)c1.Cl. The van der Waals surface area contributed by atoms with Crippen molar-refractivity contribution in [3.63, 3.8) is 0 Å². The molecule has 2 heterocycles. The van der Waals surface area contributed by atoms with Gasteiger partial charge in [0.15, 0.2) is 0 Å². The van der Waals surface area contributed by atoms with Crippen molar-refractivity contribution in [2.75, 3.05) is 44.5 Å². The second-order valence-electron chi connectivity index (χ2n) is 5.95. The Bertz CT molecular complexity index is 852. The summed E-state index contributed by atoms with van der Waals surface area (Å²) in [5.41, 5.74) is 6.74. The molecule has 28 heavy (non-hydrogen) atoms. The Morgan fingerprint density at radius 2 is 2.07 bits per heavy atom. The van der Waals surface area contributed by atoms with Crippen LogP contribution in [0.1, 0.15) is 10.4 Å². The second kappa shape index (κ2) is 9.63. The van der Waals surface area contributed by atoms with Crippen LogP contribution in [0.3, 0.4) is 0 Å². The molecule has 2 amide bonds. The van der Waals surface area contributed by atoms with E-state index in [9.17, 15) is 9.59 Å². The van der Waals surface area contributed by atoms with Gasteiger partial charge in [0.1, 0.15) is 12.3 Å². The molecule has 11 heteroatoms. The molecule has 0 bridgehead atoms. The molecule has 1 fully saturated rings.